The smallest absolute Gasteiger partial charge is 0.335 e. The minimum absolute atomic E-state index is 0.000700. The average molecular weight is 555 g/mol. The second-order valence-corrected chi connectivity index (χ2v) is 10.6. The summed E-state index contributed by atoms with van der Waals surface area (Å²) < 4.78 is 5.58. The number of aliphatic hydroxyl groups is 1. The Bertz CT molecular complexity index is 1120. The molecule has 1 atom stereocenters. The van der Waals surface area contributed by atoms with Crippen molar-refractivity contribution in [2.24, 2.45) is 0 Å². The molecule has 40 heavy (non-hydrogen) atoms. The molecule has 2 aromatic rings. The molecule has 0 aromatic heterocycles. The molecule has 0 saturated heterocycles. The van der Waals surface area contributed by atoms with E-state index in [4.69, 9.17) is 9.84 Å². The van der Waals surface area contributed by atoms with Gasteiger partial charge in [-0.2, -0.15) is 0 Å². The van der Waals surface area contributed by atoms with Gasteiger partial charge in [0.25, 0.3) is 5.91 Å². The van der Waals surface area contributed by atoms with Gasteiger partial charge < -0.3 is 36.0 Å². The summed E-state index contributed by atoms with van der Waals surface area (Å²) in [5.41, 5.74) is 2.64. The number of ether oxygens (including phenoxy) is 1. The number of carboxylic acids is 1. The van der Waals surface area contributed by atoms with Crippen LogP contribution >= 0.6 is 0 Å². The Kier molecular flexibility index (Phi) is 11.2. The second-order valence-electron chi connectivity index (χ2n) is 10.6. The fraction of sp³-hybridized carbons (Fsp3) is 0.533. The quantitative estimate of drug-likeness (QED) is 0.111. The summed E-state index contributed by atoms with van der Waals surface area (Å²) in [5.74, 6) is -0.661. The number of hydrogen-bond acceptors (Lipinski definition) is 8. The molecular formula is C30H42N4O6. The molecule has 10 nitrogen and oxygen atoms in total. The molecule has 1 saturated carbocycles. The molecular weight excluding hydrogens is 512 g/mol. The van der Waals surface area contributed by atoms with Crippen molar-refractivity contribution in [3.63, 3.8) is 0 Å². The number of hydrogen-bond donors (Lipinski definition) is 6. The molecule has 1 heterocycles. The number of anilines is 1. The summed E-state index contributed by atoms with van der Waals surface area (Å²) in [7, 11) is 0. The molecule has 10 heteroatoms. The molecule has 218 valence electrons. The van der Waals surface area contributed by atoms with Crippen LogP contribution < -0.4 is 20.7 Å². The molecule has 1 fully saturated rings. The van der Waals surface area contributed by atoms with Gasteiger partial charge in [-0.15, -0.1) is 0 Å². The van der Waals surface area contributed by atoms with Gasteiger partial charge >= 0.3 is 5.97 Å². The highest BCUT2D eigenvalue weighted by molar-refractivity contribution is 5.97. The number of aliphatic hydroxyl groups excluding tert-OH is 1. The number of aromatic carboxylic acids is 1. The fourth-order valence-corrected chi connectivity index (χ4v) is 5.52. The largest absolute Gasteiger partial charge is 0.506 e. The lowest BCUT2D eigenvalue weighted by atomic mass is 9.93. The number of benzene rings is 2. The zero-order chi connectivity index (χ0) is 28.3. The molecule has 6 N–H and O–H groups in total. The van der Waals surface area contributed by atoms with E-state index >= 15 is 0 Å². The number of phenolic OH excluding ortho intramolecular Hbond substituents is 1. The Morgan fingerprint density at radius 1 is 1.00 bits per heavy atom. The first-order chi connectivity index (χ1) is 19.4. The topological polar surface area (TPSA) is 143 Å². The monoisotopic (exact) mass is 554 g/mol. The van der Waals surface area contributed by atoms with Gasteiger partial charge in [0, 0.05) is 19.1 Å². The number of nitrogens with zero attached hydrogens (tertiary/aromatic N) is 1. The standard InChI is InChI=1S/C30H42N4O6/c35-25-11-10-22(29-28(25)33-26(36)20-40-29)13-16-32-18-19-34(24-4-2-1-3-5-24)27(37)14-17-31-15-12-21-6-8-23(9-7-21)30(38)39/h6-11,24,27,31-32,35,37H,1-5,12-20H2,(H,33,36)(H,38,39). The predicted octanol–water partition coefficient (Wildman–Crippen LogP) is 2.73. The van der Waals surface area contributed by atoms with Crippen molar-refractivity contribution in [3.8, 4) is 11.5 Å². The Morgan fingerprint density at radius 3 is 2.48 bits per heavy atom. The molecule has 0 spiro atoms. The number of carbonyl (C=O) groups excluding carboxylic acids is 1. The third kappa shape index (κ3) is 8.41. The van der Waals surface area contributed by atoms with Gasteiger partial charge in [-0.3, -0.25) is 9.69 Å². The lowest BCUT2D eigenvalue weighted by Gasteiger charge is -2.37. The van der Waals surface area contributed by atoms with E-state index in [0.29, 0.717) is 49.0 Å². The highest BCUT2D eigenvalue weighted by atomic mass is 16.5. The lowest BCUT2D eigenvalue weighted by molar-refractivity contribution is -0.118. The van der Waals surface area contributed by atoms with Crippen LogP contribution in [0.25, 0.3) is 0 Å². The first kappa shape index (κ1) is 29.8. The van der Waals surface area contributed by atoms with Gasteiger partial charge in [0.2, 0.25) is 0 Å². The van der Waals surface area contributed by atoms with Crippen LogP contribution in [0.1, 0.15) is 60.0 Å². The fourth-order valence-electron chi connectivity index (χ4n) is 5.52. The molecule has 2 aliphatic rings. The third-order valence-electron chi connectivity index (χ3n) is 7.74. The Balaban J connectivity index is 1.20. The van der Waals surface area contributed by atoms with Gasteiger partial charge in [0.1, 0.15) is 17.7 Å². The van der Waals surface area contributed by atoms with E-state index in [-0.39, 0.29) is 18.3 Å². The van der Waals surface area contributed by atoms with Crippen LogP contribution in [0.4, 0.5) is 5.69 Å². The van der Waals surface area contributed by atoms with Crippen LogP contribution in [-0.4, -0.2) is 83.7 Å². The zero-order valence-corrected chi connectivity index (χ0v) is 23.0. The van der Waals surface area contributed by atoms with Gasteiger partial charge in [-0.1, -0.05) is 37.5 Å². The molecule has 0 bridgehead atoms. The van der Waals surface area contributed by atoms with Crippen LogP contribution in [0.3, 0.4) is 0 Å². The number of rotatable bonds is 15. The normalized spacial score (nSPS) is 16.3. The van der Waals surface area contributed by atoms with Crippen molar-refractivity contribution in [1.82, 2.24) is 15.5 Å². The Labute approximate surface area is 235 Å². The van der Waals surface area contributed by atoms with Gasteiger partial charge in [0.05, 0.1) is 5.56 Å². The van der Waals surface area contributed by atoms with E-state index in [9.17, 15) is 19.8 Å². The SMILES string of the molecule is O=C1COc2c(CCNCCN(C(O)CCNCCc3ccc(C(=O)O)cc3)C3CCCCC3)ccc(O)c2N1. The second kappa shape index (κ2) is 15.0. The molecule has 1 unspecified atom stereocenters. The minimum Gasteiger partial charge on any atom is -0.506 e. The van der Waals surface area contributed by atoms with Crippen LogP contribution in [0.2, 0.25) is 0 Å². The first-order valence-electron chi connectivity index (χ1n) is 14.4. The van der Waals surface area contributed by atoms with E-state index in [1.165, 1.54) is 19.3 Å². The summed E-state index contributed by atoms with van der Waals surface area (Å²) in [5, 5.41) is 39.8. The number of amides is 1. The van der Waals surface area contributed by atoms with Crippen LogP contribution in [0.15, 0.2) is 36.4 Å². The van der Waals surface area contributed by atoms with E-state index < -0.39 is 12.2 Å². The molecule has 1 amide bonds. The molecule has 2 aromatic carbocycles. The van der Waals surface area contributed by atoms with Crippen molar-refractivity contribution in [1.29, 1.82) is 0 Å². The highest BCUT2D eigenvalue weighted by Gasteiger charge is 2.26. The van der Waals surface area contributed by atoms with E-state index in [2.05, 4.69) is 20.9 Å². The maximum atomic E-state index is 11.6. The van der Waals surface area contributed by atoms with Crippen LogP contribution in [-0.2, 0) is 17.6 Å². The van der Waals surface area contributed by atoms with Crippen molar-refractivity contribution in [2.75, 3.05) is 44.6 Å². The summed E-state index contributed by atoms with van der Waals surface area (Å²) >= 11 is 0. The van der Waals surface area contributed by atoms with E-state index in [0.717, 1.165) is 50.0 Å². The van der Waals surface area contributed by atoms with Crippen LogP contribution in [0, 0.1) is 0 Å². The maximum Gasteiger partial charge on any atom is 0.335 e. The van der Waals surface area contributed by atoms with Gasteiger partial charge in [-0.05, 0) is 81.1 Å². The van der Waals surface area contributed by atoms with Crippen molar-refractivity contribution < 1.29 is 29.6 Å². The first-order valence-corrected chi connectivity index (χ1v) is 14.4. The Hall–Kier alpha value is -3.18. The number of fused-ring (bicyclic) bond motifs is 1. The van der Waals surface area contributed by atoms with Crippen molar-refractivity contribution >= 4 is 17.6 Å². The number of carboxylic acid groups (broad SMARTS) is 1. The minimum atomic E-state index is -0.918. The molecule has 1 aliphatic heterocycles. The van der Waals surface area contributed by atoms with E-state index in [1.807, 2.05) is 18.2 Å². The van der Waals surface area contributed by atoms with Gasteiger partial charge in [0.15, 0.2) is 12.4 Å². The highest BCUT2D eigenvalue weighted by Crippen LogP contribution is 2.39. The number of aromatic hydroxyl groups is 1. The number of phenols is 1. The molecule has 1 aliphatic carbocycles. The summed E-state index contributed by atoms with van der Waals surface area (Å²) in [6, 6.07) is 10.7. The lowest BCUT2D eigenvalue weighted by Crippen LogP contribution is -2.48. The number of carbonyl (C=O) groups is 2. The Morgan fingerprint density at radius 2 is 1.73 bits per heavy atom. The van der Waals surface area contributed by atoms with Gasteiger partial charge in [-0.25, -0.2) is 4.79 Å². The summed E-state index contributed by atoms with van der Waals surface area (Å²) in [6.07, 6.45) is 7.48. The predicted molar refractivity (Wildman–Crippen MR) is 153 cm³/mol. The van der Waals surface area contributed by atoms with Crippen molar-refractivity contribution in [3.05, 3.63) is 53.1 Å². The van der Waals surface area contributed by atoms with Crippen LogP contribution in [0.5, 0.6) is 11.5 Å². The molecule has 0 radical (unpaired) electrons. The summed E-state index contributed by atoms with van der Waals surface area (Å²) in [4.78, 5) is 24.9. The average Bonchev–Trinajstić information content (AvgIpc) is 2.96. The van der Waals surface area contributed by atoms with E-state index in [1.54, 1.807) is 18.2 Å². The number of nitrogens with one attached hydrogen (secondary N) is 3. The maximum absolute atomic E-state index is 11.6. The molecule has 4 rings (SSSR count). The van der Waals surface area contributed by atoms with Crippen molar-refractivity contribution in [2.45, 2.75) is 63.6 Å². The zero-order valence-electron chi connectivity index (χ0n) is 23.0. The summed E-state index contributed by atoms with van der Waals surface area (Å²) in [6.45, 7) is 3.61. The third-order valence-corrected chi connectivity index (χ3v) is 7.74.